The number of likely N-dealkylation sites (tertiary alicyclic amines) is 1. The Balaban J connectivity index is 1.39. The molecule has 1 amide bonds. The fourth-order valence-electron chi connectivity index (χ4n) is 5.29. The molecule has 37 heavy (non-hydrogen) atoms. The number of rotatable bonds is 6. The van der Waals surface area contributed by atoms with Crippen molar-refractivity contribution >= 4 is 22.6 Å². The Bertz CT molecular complexity index is 1490. The molecule has 2 unspecified atom stereocenters. The highest BCUT2D eigenvalue weighted by molar-refractivity contribution is 5.95. The van der Waals surface area contributed by atoms with Gasteiger partial charge < -0.3 is 14.6 Å². The van der Waals surface area contributed by atoms with E-state index in [1.165, 1.54) is 13.2 Å². The van der Waals surface area contributed by atoms with Crippen LogP contribution in [0.5, 0.6) is 0 Å². The quantitative estimate of drug-likeness (QED) is 0.397. The first-order valence-corrected chi connectivity index (χ1v) is 12.5. The number of amides is 1. The smallest absolute Gasteiger partial charge is 0.311 e. The Morgan fingerprint density at radius 3 is 2.59 bits per heavy atom. The Hall–Kier alpha value is -4.26. The molecule has 1 fully saturated rings. The third-order valence-electron chi connectivity index (χ3n) is 7.26. The molecular weight excluding hydrogens is 466 g/mol. The van der Waals surface area contributed by atoms with Gasteiger partial charge in [0.2, 0.25) is 5.56 Å². The van der Waals surface area contributed by atoms with Gasteiger partial charge in [-0.25, -0.2) is 0 Å². The molecule has 1 aliphatic rings. The number of nitrogens with one attached hydrogen (secondary N) is 1. The summed E-state index contributed by atoms with van der Waals surface area (Å²) in [4.78, 5) is 46.8. The molecule has 0 bridgehead atoms. The first-order valence-electron chi connectivity index (χ1n) is 12.5. The average molecular weight is 496 g/mol. The van der Waals surface area contributed by atoms with Crippen LogP contribution in [0, 0.1) is 12.8 Å². The van der Waals surface area contributed by atoms with Crippen molar-refractivity contribution in [3.63, 3.8) is 0 Å². The van der Waals surface area contributed by atoms with Crippen molar-refractivity contribution in [2.75, 3.05) is 13.7 Å². The van der Waals surface area contributed by atoms with Crippen LogP contribution in [-0.2, 0) is 16.0 Å². The number of nitrogens with zero attached hydrogens (tertiary/aromatic N) is 2. The van der Waals surface area contributed by atoms with E-state index in [-0.39, 0.29) is 23.5 Å². The fourth-order valence-corrected chi connectivity index (χ4v) is 5.29. The maximum Gasteiger partial charge on any atom is 0.311 e. The molecule has 1 aliphatic heterocycles. The molecular formula is C30H29N3O4. The first-order chi connectivity index (χ1) is 17.9. The molecule has 2 atom stereocenters. The molecule has 2 aromatic heterocycles. The SMILES string of the molecule is COC(=O)C(Cc1ccc2ccnc(C)c2c1)C1CCCN1C(=O)c1ccc(-c2ccc(=O)[nH]c2)cc1. The van der Waals surface area contributed by atoms with Crippen molar-refractivity contribution in [2.45, 2.75) is 32.2 Å². The lowest BCUT2D eigenvalue weighted by Crippen LogP contribution is -2.44. The van der Waals surface area contributed by atoms with Gasteiger partial charge in [-0.1, -0.05) is 24.3 Å². The summed E-state index contributed by atoms with van der Waals surface area (Å²) >= 11 is 0. The van der Waals surface area contributed by atoms with E-state index in [1.54, 1.807) is 30.6 Å². The minimum absolute atomic E-state index is 0.0945. The molecule has 7 heteroatoms. The highest BCUT2D eigenvalue weighted by Crippen LogP contribution is 2.31. The second-order valence-electron chi connectivity index (χ2n) is 9.51. The summed E-state index contributed by atoms with van der Waals surface area (Å²) < 4.78 is 5.20. The number of esters is 1. The van der Waals surface area contributed by atoms with Gasteiger partial charge in [0.05, 0.1) is 13.0 Å². The Morgan fingerprint density at radius 2 is 1.86 bits per heavy atom. The van der Waals surface area contributed by atoms with Crippen LogP contribution in [0.15, 0.2) is 77.9 Å². The zero-order valence-electron chi connectivity index (χ0n) is 20.9. The number of methoxy groups -OCH3 is 1. The predicted molar refractivity (Wildman–Crippen MR) is 142 cm³/mol. The van der Waals surface area contributed by atoms with Crippen LogP contribution in [0.4, 0.5) is 0 Å². The fraction of sp³-hybridized carbons (Fsp3) is 0.267. The van der Waals surface area contributed by atoms with Gasteiger partial charge in [0.25, 0.3) is 5.91 Å². The molecule has 1 saturated heterocycles. The number of ether oxygens (including phenoxy) is 1. The molecule has 0 aliphatic carbocycles. The number of hydrogen-bond donors (Lipinski definition) is 1. The third-order valence-corrected chi connectivity index (χ3v) is 7.26. The minimum atomic E-state index is -0.466. The summed E-state index contributed by atoms with van der Waals surface area (Å²) in [7, 11) is 1.40. The standard InChI is InChI=1S/C30H29N3O4/c1-19-25-16-20(5-6-22(25)13-14-31-19)17-26(30(36)37-2)27-4-3-15-33(27)29(35)23-9-7-21(8-10-23)24-11-12-28(34)32-18-24/h5-14,16,18,26-27H,3-4,15,17H2,1-2H3,(H,32,34). The number of benzene rings is 2. The molecule has 0 spiro atoms. The number of pyridine rings is 2. The highest BCUT2D eigenvalue weighted by Gasteiger charge is 2.39. The van der Waals surface area contributed by atoms with Crippen molar-refractivity contribution in [2.24, 2.45) is 5.92 Å². The Kier molecular flexibility index (Phi) is 6.86. The van der Waals surface area contributed by atoms with Crippen LogP contribution < -0.4 is 5.56 Å². The van der Waals surface area contributed by atoms with Crippen LogP contribution >= 0.6 is 0 Å². The van der Waals surface area contributed by atoms with Crippen molar-refractivity contribution < 1.29 is 14.3 Å². The molecule has 0 saturated carbocycles. The maximum atomic E-state index is 13.6. The summed E-state index contributed by atoms with van der Waals surface area (Å²) in [6.45, 7) is 2.57. The Morgan fingerprint density at radius 1 is 1.08 bits per heavy atom. The van der Waals surface area contributed by atoms with E-state index in [1.807, 2.05) is 36.1 Å². The van der Waals surface area contributed by atoms with Crippen LogP contribution in [0.25, 0.3) is 21.9 Å². The maximum absolute atomic E-state index is 13.6. The van der Waals surface area contributed by atoms with Gasteiger partial charge in [-0.2, -0.15) is 0 Å². The number of aryl methyl sites for hydroxylation is 1. The molecule has 4 aromatic rings. The van der Waals surface area contributed by atoms with Crippen molar-refractivity contribution in [1.29, 1.82) is 0 Å². The van der Waals surface area contributed by atoms with E-state index in [0.29, 0.717) is 18.5 Å². The normalized spacial score (nSPS) is 16.1. The summed E-state index contributed by atoms with van der Waals surface area (Å²) in [6.07, 6.45) is 5.51. The van der Waals surface area contributed by atoms with Gasteiger partial charge in [-0.05, 0) is 78.6 Å². The van der Waals surface area contributed by atoms with E-state index in [4.69, 9.17) is 4.74 Å². The predicted octanol–water partition coefficient (Wildman–Crippen LogP) is 4.54. The number of carbonyl (C=O) groups is 2. The van der Waals surface area contributed by atoms with Crippen LogP contribution in [-0.4, -0.2) is 46.4 Å². The van der Waals surface area contributed by atoms with Crippen LogP contribution in [0.2, 0.25) is 0 Å². The van der Waals surface area contributed by atoms with E-state index >= 15 is 0 Å². The Labute approximate surface area is 215 Å². The lowest BCUT2D eigenvalue weighted by atomic mass is 9.89. The van der Waals surface area contributed by atoms with Crippen molar-refractivity contribution in [3.8, 4) is 11.1 Å². The van der Waals surface area contributed by atoms with Crippen LogP contribution in [0.3, 0.4) is 0 Å². The van der Waals surface area contributed by atoms with Crippen molar-refractivity contribution in [3.05, 3.63) is 100 Å². The number of aromatic nitrogens is 2. The number of fused-ring (bicyclic) bond motifs is 1. The monoisotopic (exact) mass is 495 g/mol. The van der Waals surface area contributed by atoms with Gasteiger partial charge in [0.1, 0.15) is 0 Å². The molecule has 0 radical (unpaired) electrons. The molecule has 188 valence electrons. The molecule has 3 heterocycles. The second kappa shape index (κ2) is 10.4. The van der Waals surface area contributed by atoms with E-state index < -0.39 is 5.92 Å². The first kappa shape index (κ1) is 24.4. The number of H-pyrrole nitrogens is 1. The van der Waals surface area contributed by atoms with E-state index in [9.17, 15) is 14.4 Å². The highest BCUT2D eigenvalue weighted by atomic mass is 16.5. The summed E-state index contributed by atoms with van der Waals surface area (Å²) in [5, 5.41) is 2.17. The lowest BCUT2D eigenvalue weighted by Gasteiger charge is -2.30. The van der Waals surface area contributed by atoms with E-state index in [0.717, 1.165) is 46.0 Å². The van der Waals surface area contributed by atoms with Crippen molar-refractivity contribution in [1.82, 2.24) is 14.9 Å². The zero-order valence-corrected chi connectivity index (χ0v) is 20.9. The van der Waals surface area contributed by atoms with Gasteiger partial charge in [-0.3, -0.25) is 19.4 Å². The number of carbonyl (C=O) groups excluding carboxylic acids is 2. The molecule has 1 N–H and O–H groups in total. The zero-order chi connectivity index (χ0) is 25.9. The number of hydrogen-bond acceptors (Lipinski definition) is 5. The number of aromatic amines is 1. The lowest BCUT2D eigenvalue weighted by molar-refractivity contribution is -0.147. The molecule has 5 rings (SSSR count). The van der Waals surface area contributed by atoms with Gasteiger partial charge in [0, 0.05) is 47.7 Å². The third kappa shape index (κ3) is 5.03. The van der Waals surface area contributed by atoms with E-state index in [2.05, 4.69) is 22.1 Å². The largest absolute Gasteiger partial charge is 0.469 e. The van der Waals surface area contributed by atoms with Gasteiger partial charge in [0.15, 0.2) is 0 Å². The minimum Gasteiger partial charge on any atom is -0.469 e. The summed E-state index contributed by atoms with van der Waals surface area (Å²) in [5.74, 6) is -0.865. The second-order valence-corrected chi connectivity index (χ2v) is 9.51. The van der Waals surface area contributed by atoms with Gasteiger partial charge >= 0.3 is 5.97 Å². The summed E-state index contributed by atoms with van der Waals surface area (Å²) in [5.41, 5.74) is 4.13. The molecule has 2 aromatic carbocycles. The topological polar surface area (TPSA) is 92.4 Å². The van der Waals surface area contributed by atoms with Gasteiger partial charge in [-0.15, -0.1) is 0 Å². The summed E-state index contributed by atoms with van der Waals surface area (Å²) in [6, 6.07) is 18.5. The molecule has 7 nitrogen and oxygen atoms in total. The van der Waals surface area contributed by atoms with Crippen LogP contribution in [0.1, 0.15) is 34.5 Å². The average Bonchev–Trinajstić information content (AvgIpc) is 3.41.